The van der Waals surface area contributed by atoms with Gasteiger partial charge in [0.2, 0.25) is 11.8 Å². The van der Waals surface area contributed by atoms with Crippen LogP contribution in [-0.2, 0) is 14.4 Å². The van der Waals surface area contributed by atoms with Gasteiger partial charge in [0.25, 0.3) is 11.8 Å². The van der Waals surface area contributed by atoms with E-state index in [2.05, 4.69) is 10.3 Å². The standard InChI is InChI=1S/C30H23ClF2N6O3.CH4/c31-23-7-2-1-6-22(23)27(28(41)37-20-14-30(32,33)15-20)38(21-5-3-4-18(12-21)16-34)29(42)24-8-9-26(40)39(24)25-13-19(17-35)10-11-36-25;/h1-7,10-13,20,24,27H,8-9,14-15H2,(H,37,41);1H4/t24-,27-;/m0./s1. The van der Waals surface area contributed by atoms with Crippen molar-refractivity contribution in [1.29, 1.82) is 10.5 Å². The predicted molar refractivity (Wildman–Crippen MR) is 155 cm³/mol. The van der Waals surface area contributed by atoms with Crippen molar-refractivity contribution >= 4 is 40.8 Å². The molecular weight excluding hydrogens is 578 g/mol. The number of hydrogen-bond acceptors (Lipinski definition) is 6. The van der Waals surface area contributed by atoms with Gasteiger partial charge in [-0.25, -0.2) is 13.8 Å². The Hall–Kier alpha value is -4.87. The average Bonchev–Trinajstić information content (AvgIpc) is 3.36. The number of aromatic nitrogens is 1. The highest BCUT2D eigenvalue weighted by atomic mass is 35.5. The first kappa shape index (κ1) is 31.1. The van der Waals surface area contributed by atoms with Crippen LogP contribution in [0, 0.1) is 22.7 Å². The molecule has 9 nitrogen and oxygen atoms in total. The fourth-order valence-electron chi connectivity index (χ4n) is 5.25. The molecule has 2 aromatic carbocycles. The van der Waals surface area contributed by atoms with Gasteiger partial charge in [0.1, 0.15) is 17.9 Å². The van der Waals surface area contributed by atoms with E-state index < -0.39 is 54.6 Å². The van der Waals surface area contributed by atoms with E-state index in [1.54, 1.807) is 18.2 Å². The Morgan fingerprint density at radius 1 is 1.07 bits per heavy atom. The van der Waals surface area contributed by atoms with Crippen molar-refractivity contribution in [3.8, 4) is 12.1 Å². The molecule has 1 aliphatic heterocycles. The fraction of sp³-hybridized carbons (Fsp3) is 0.290. The number of nitrogens with zero attached hydrogens (tertiary/aromatic N) is 5. The van der Waals surface area contributed by atoms with Crippen molar-refractivity contribution in [2.75, 3.05) is 9.80 Å². The molecule has 2 atom stereocenters. The molecule has 0 bridgehead atoms. The van der Waals surface area contributed by atoms with E-state index in [0.717, 1.165) is 4.90 Å². The third-order valence-corrected chi connectivity index (χ3v) is 7.60. The number of anilines is 2. The fourth-order valence-corrected chi connectivity index (χ4v) is 5.49. The van der Waals surface area contributed by atoms with Gasteiger partial charge in [-0.05, 0) is 42.8 Å². The predicted octanol–water partition coefficient (Wildman–Crippen LogP) is 5.30. The molecule has 2 fully saturated rings. The number of nitriles is 2. The van der Waals surface area contributed by atoms with Crippen molar-refractivity contribution in [3.63, 3.8) is 0 Å². The van der Waals surface area contributed by atoms with Crippen LogP contribution in [0.5, 0.6) is 0 Å². The Labute approximate surface area is 252 Å². The van der Waals surface area contributed by atoms with Crippen LogP contribution in [0.4, 0.5) is 20.3 Å². The summed E-state index contributed by atoms with van der Waals surface area (Å²) >= 11 is 6.53. The first-order valence-electron chi connectivity index (χ1n) is 13.1. The number of nitrogens with one attached hydrogen (secondary N) is 1. The summed E-state index contributed by atoms with van der Waals surface area (Å²) in [7, 11) is 0. The van der Waals surface area contributed by atoms with Crippen LogP contribution in [0.15, 0.2) is 66.9 Å². The third-order valence-electron chi connectivity index (χ3n) is 7.25. The lowest BCUT2D eigenvalue weighted by Gasteiger charge is -2.39. The Kier molecular flexibility index (Phi) is 9.07. The molecule has 5 rings (SSSR count). The van der Waals surface area contributed by atoms with Crippen LogP contribution >= 0.6 is 11.6 Å². The van der Waals surface area contributed by atoms with Crippen LogP contribution in [0.3, 0.4) is 0 Å². The highest BCUT2D eigenvalue weighted by Gasteiger charge is 2.48. The average molecular weight is 605 g/mol. The van der Waals surface area contributed by atoms with E-state index in [4.69, 9.17) is 11.6 Å². The third kappa shape index (κ3) is 6.32. The van der Waals surface area contributed by atoms with Crippen molar-refractivity contribution in [2.45, 2.75) is 57.2 Å². The largest absolute Gasteiger partial charge is 0.351 e. The van der Waals surface area contributed by atoms with Crippen LogP contribution in [0.2, 0.25) is 5.02 Å². The molecule has 1 N–H and O–H groups in total. The summed E-state index contributed by atoms with van der Waals surface area (Å²) in [5.74, 6) is -4.64. The van der Waals surface area contributed by atoms with Crippen LogP contribution in [0.25, 0.3) is 0 Å². The zero-order valence-electron chi connectivity index (χ0n) is 22.0. The zero-order valence-corrected chi connectivity index (χ0v) is 22.8. The first-order valence-corrected chi connectivity index (χ1v) is 13.4. The molecule has 12 heteroatoms. The molecule has 3 aromatic rings. The second kappa shape index (κ2) is 12.6. The summed E-state index contributed by atoms with van der Waals surface area (Å²) in [5, 5.41) is 21.7. The number of pyridine rings is 1. The van der Waals surface area contributed by atoms with E-state index in [-0.39, 0.29) is 53.5 Å². The summed E-state index contributed by atoms with van der Waals surface area (Å²) < 4.78 is 27.3. The number of hydrogen-bond donors (Lipinski definition) is 1. The lowest BCUT2D eigenvalue weighted by atomic mass is 9.87. The Bertz CT molecular complexity index is 1640. The molecule has 43 heavy (non-hydrogen) atoms. The molecule has 0 spiro atoms. The normalized spacial score (nSPS) is 17.9. The van der Waals surface area contributed by atoms with Gasteiger partial charge in [0, 0.05) is 47.8 Å². The maximum absolute atomic E-state index is 14.5. The number of amides is 3. The molecule has 1 aliphatic carbocycles. The van der Waals surface area contributed by atoms with E-state index in [0.29, 0.717) is 0 Å². The SMILES string of the molecule is C.N#Cc1cccc(N(C(=O)[C@@H]2CCC(=O)N2c2cc(C#N)ccn2)[C@H](C(=O)NC2CC(F)(F)C2)c2ccccc2Cl)c1. The zero-order chi connectivity index (χ0) is 30.0. The maximum Gasteiger partial charge on any atom is 0.252 e. The van der Waals surface area contributed by atoms with Crippen molar-refractivity contribution in [1.82, 2.24) is 10.3 Å². The highest BCUT2D eigenvalue weighted by molar-refractivity contribution is 6.31. The van der Waals surface area contributed by atoms with Gasteiger partial charge in [-0.1, -0.05) is 43.3 Å². The molecule has 0 radical (unpaired) electrons. The van der Waals surface area contributed by atoms with Crippen LogP contribution < -0.4 is 15.1 Å². The maximum atomic E-state index is 14.5. The molecule has 220 valence electrons. The molecule has 3 amide bonds. The molecule has 1 saturated heterocycles. The first-order chi connectivity index (χ1) is 20.1. The number of alkyl halides is 2. The molecule has 1 aromatic heterocycles. The number of carbonyl (C=O) groups excluding carboxylic acids is 3. The quantitative estimate of drug-likeness (QED) is 0.390. The van der Waals surface area contributed by atoms with Gasteiger partial charge in [-0.2, -0.15) is 10.5 Å². The van der Waals surface area contributed by atoms with Crippen molar-refractivity contribution in [3.05, 3.63) is 88.6 Å². The van der Waals surface area contributed by atoms with Gasteiger partial charge < -0.3 is 5.32 Å². The van der Waals surface area contributed by atoms with Gasteiger partial charge >= 0.3 is 0 Å². The van der Waals surface area contributed by atoms with E-state index >= 15 is 0 Å². The number of halogens is 3. The molecule has 0 unspecified atom stereocenters. The van der Waals surface area contributed by atoms with Gasteiger partial charge in [0.05, 0.1) is 23.3 Å². The topological polar surface area (TPSA) is 130 Å². The Morgan fingerprint density at radius 3 is 2.44 bits per heavy atom. The van der Waals surface area contributed by atoms with E-state index in [1.807, 2.05) is 12.1 Å². The Morgan fingerprint density at radius 2 is 1.77 bits per heavy atom. The second-order valence-corrected chi connectivity index (χ2v) is 10.5. The number of rotatable bonds is 7. The van der Waals surface area contributed by atoms with E-state index in [1.165, 1.54) is 53.6 Å². The summed E-state index contributed by atoms with van der Waals surface area (Å²) in [5.41, 5.74) is 0.815. The molecule has 1 saturated carbocycles. The monoisotopic (exact) mass is 604 g/mol. The molecular formula is C31H27ClF2N6O3. The second-order valence-electron chi connectivity index (χ2n) is 10.1. The Balaban J connectivity index is 0.00000423. The minimum absolute atomic E-state index is 0. The van der Waals surface area contributed by atoms with Gasteiger partial charge in [0.15, 0.2) is 0 Å². The lowest BCUT2D eigenvalue weighted by Crippen LogP contribution is -2.56. The van der Waals surface area contributed by atoms with Gasteiger partial charge in [-0.15, -0.1) is 0 Å². The van der Waals surface area contributed by atoms with Gasteiger partial charge in [-0.3, -0.25) is 24.2 Å². The molecule has 2 aliphatic rings. The summed E-state index contributed by atoms with van der Waals surface area (Å²) in [6, 6.07) is 15.8. The number of benzene rings is 2. The summed E-state index contributed by atoms with van der Waals surface area (Å²) in [4.78, 5) is 48.0. The van der Waals surface area contributed by atoms with Crippen molar-refractivity contribution in [2.24, 2.45) is 0 Å². The number of carbonyl (C=O) groups is 3. The van der Waals surface area contributed by atoms with Crippen molar-refractivity contribution < 1.29 is 23.2 Å². The van der Waals surface area contributed by atoms with E-state index in [9.17, 15) is 33.7 Å². The highest BCUT2D eigenvalue weighted by Crippen LogP contribution is 2.40. The minimum atomic E-state index is -2.90. The molecule has 2 heterocycles. The lowest BCUT2D eigenvalue weighted by molar-refractivity contribution is -0.133. The van der Waals surface area contributed by atoms with Crippen LogP contribution in [-0.4, -0.2) is 40.7 Å². The smallest absolute Gasteiger partial charge is 0.252 e. The van der Waals surface area contributed by atoms with Crippen LogP contribution in [0.1, 0.15) is 55.8 Å². The minimum Gasteiger partial charge on any atom is -0.351 e. The summed E-state index contributed by atoms with van der Waals surface area (Å²) in [6.45, 7) is 0. The summed E-state index contributed by atoms with van der Waals surface area (Å²) in [6.07, 6.45) is 0.343.